The minimum atomic E-state index is -0.763. The van der Waals surface area contributed by atoms with Gasteiger partial charge in [0.2, 0.25) is 0 Å². The Balaban J connectivity index is 4.28. The molecule has 6 nitrogen and oxygen atoms in total. The Kier molecular flexibility index (Phi) is 58.0. The SMILES string of the molecule is CCCCCCCCCCCCCCCCCCCCC(=O)O[C@@H](COC(=O)CCCCCCCCCCCCCCCCCCC)COC(=O)CCCCCCCCCCCCCCCCCC(C)C. The number of rotatable bonds is 60. The zero-order valence-corrected chi connectivity index (χ0v) is 48.7. The van der Waals surface area contributed by atoms with Crippen LogP contribution < -0.4 is 0 Å². The van der Waals surface area contributed by atoms with E-state index in [2.05, 4.69) is 27.7 Å². The smallest absolute Gasteiger partial charge is 0.306 e. The highest BCUT2D eigenvalue weighted by Crippen LogP contribution is 2.19. The van der Waals surface area contributed by atoms with Gasteiger partial charge in [-0.15, -0.1) is 0 Å². The van der Waals surface area contributed by atoms with E-state index < -0.39 is 6.10 Å². The molecule has 0 heterocycles. The lowest BCUT2D eigenvalue weighted by atomic mass is 10.0. The molecule has 0 radical (unpaired) electrons. The van der Waals surface area contributed by atoms with E-state index in [1.807, 2.05) is 0 Å². The van der Waals surface area contributed by atoms with Crippen LogP contribution in [0.3, 0.4) is 0 Å². The summed E-state index contributed by atoms with van der Waals surface area (Å²) in [6.45, 7) is 9.10. The first-order chi connectivity index (χ1) is 34.9. The van der Waals surface area contributed by atoms with Crippen LogP contribution in [0.15, 0.2) is 0 Å². The van der Waals surface area contributed by atoms with Gasteiger partial charge in [0.05, 0.1) is 0 Å². The molecule has 0 aromatic heterocycles. The van der Waals surface area contributed by atoms with Crippen LogP contribution in [-0.2, 0) is 28.6 Å². The molecular formula is C65H126O6. The lowest BCUT2D eigenvalue weighted by Gasteiger charge is -2.18. The Morgan fingerprint density at radius 2 is 0.465 bits per heavy atom. The number of ether oxygens (including phenoxy) is 3. The van der Waals surface area contributed by atoms with Crippen molar-refractivity contribution < 1.29 is 28.6 Å². The van der Waals surface area contributed by atoms with Gasteiger partial charge < -0.3 is 14.2 Å². The minimum Gasteiger partial charge on any atom is -0.462 e. The van der Waals surface area contributed by atoms with Gasteiger partial charge in [-0.1, -0.05) is 336 Å². The largest absolute Gasteiger partial charge is 0.462 e. The summed E-state index contributed by atoms with van der Waals surface area (Å²) in [6, 6.07) is 0. The average Bonchev–Trinajstić information content (AvgIpc) is 3.36. The zero-order chi connectivity index (χ0) is 51.6. The first-order valence-electron chi connectivity index (χ1n) is 32.4. The van der Waals surface area contributed by atoms with Crippen LogP contribution in [0, 0.1) is 5.92 Å². The summed E-state index contributed by atoms with van der Waals surface area (Å²) in [7, 11) is 0. The fourth-order valence-corrected chi connectivity index (χ4v) is 10.2. The maximum absolute atomic E-state index is 12.9. The monoisotopic (exact) mass is 1000 g/mol. The molecule has 0 saturated carbocycles. The van der Waals surface area contributed by atoms with Crippen LogP contribution in [-0.4, -0.2) is 37.2 Å². The molecule has 0 bridgehead atoms. The van der Waals surface area contributed by atoms with Crippen LogP contribution in [0.1, 0.15) is 374 Å². The second-order valence-electron chi connectivity index (χ2n) is 22.9. The van der Waals surface area contributed by atoms with Gasteiger partial charge in [0.25, 0.3) is 0 Å². The van der Waals surface area contributed by atoms with Crippen LogP contribution in [0.5, 0.6) is 0 Å². The van der Waals surface area contributed by atoms with Crippen LogP contribution >= 0.6 is 0 Å². The zero-order valence-electron chi connectivity index (χ0n) is 48.7. The van der Waals surface area contributed by atoms with Gasteiger partial charge in [0.15, 0.2) is 6.10 Å². The Bertz CT molecular complexity index is 1070. The van der Waals surface area contributed by atoms with Crippen molar-refractivity contribution in [3.8, 4) is 0 Å². The molecule has 0 aliphatic carbocycles. The first kappa shape index (κ1) is 69.4. The van der Waals surface area contributed by atoms with Crippen molar-refractivity contribution in [3.05, 3.63) is 0 Å². The number of unbranched alkanes of at least 4 members (excludes halogenated alkanes) is 47. The number of carbonyl (C=O) groups is 3. The molecule has 0 aliphatic rings. The molecule has 0 saturated heterocycles. The Morgan fingerprint density at radius 1 is 0.268 bits per heavy atom. The summed E-state index contributed by atoms with van der Waals surface area (Å²) < 4.78 is 17.0. The third kappa shape index (κ3) is 59.2. The highest BCUT2D eigenvalue weighted by molar-refractivity contribution is 5.71. The van der Waals surface area contributed by atoms with Crippen molar-refractivity contribution in [1.82, 2.24) is 0 Å². The molecule has 0 fully saturated rings. The maximum Gasteiger partial charge on any atom is 0.306 e. The quantitative estimate of drug-likeness (QED) is 0.0343. The molecule has 0 aromatic rings. The highest BCUT2D eigenvalue weighted by atomic mass is 16.6. The van der Waals surface area contributed by atoms with Gasteiger partial charge in [0, 0.05) is 19.3 Å². The molecule has 0 spiro atoms. The molecule has 71 heavy (non-hydrogen) atoms. The number of esters is 3. The maximum atomic E-state index is 12.9. The van der Waals surface area contributed by atoms with E-state index in [4.69, 9.17) is 14.2 Å². The number of carbonyl (C=O) groups excluding carboxylic acids is 3. The third-order valence-corrected chi connectivity index (χ3v) is 15.0. The van der Waals surface area contributed by atoms with Crippen molar-refractivity contribution in [2.45, 2.75) is 381 Å². The molecule has 0 N–H and O–H groups in total. The fraction of sp³-hybridized carbons (Fsp3) is 0.954. The van der Waals surface area contributed by atoms with Gasteiger partial charge in [-0.3, -0.25) is 14.4 Å². The van der Waals surface area contributed by atoms with E-state index >= 15 is 0 Å². The standard InChI is InChI=1S/C65H126O6/c1-5-7-9-11-13-15-17-19-21-23-25-29-34-38-42-46-50-54-58-65(68)71-62(59-69-63(66)56-52-48-44-40-36-32-28-24-22-20-18-16-14-12-10-8-6-2)60-70-64(67)57-53-49-45-41-37-33-30-26-27-31-35-39-43-47-51-55-61(3)4/h61-62H,5-60H2,1-4H3/t62-/m0/s1. The van der Waals surface area contributed by atoms with Crippen molar-refractivity contribution >= 4 is 17.9 Å². The molecular weight excluding hydrogens is 877 g/mol. The van der Waals surface area contributed by atoms with Crippen molar-refractivity contribution in [1.29, 1.82) is 0 Å². The van der Waals surface area contributed by atoms with Gasteiger partial charge in [-0.25, -0.2) is 0 Å². The summed E-state index contributed by atoms with van der Waals surface area (Å²) in [5.74, 6) is 0.0232. The Hall–Kier alpha value is -1.59. The normalized spacial score (nSPS) is 12.0. The van der Waals surface area contributed by atoms with Gasteiger partial charge in [-0.2, -0.15) is 0 Å². The van der Waals surface area contributed by atoms with Crippen LogP contribution in [0.25, 0.3) is 0 Å². The predicted molar refractivity (Wildman–Crippen MR) is 307 cm³/mol. The summed E-state index contributed by atoms with van der Waals surface area (Å²) in [5.41, 5.74) is 0. The van der Waals surface area contributed by atoms with E-state index in [9.17, 15) is 14.4 Å². The molecule has 0 aliphatic heterocycles. The van der Waals surface area contributed by atoms with E-state index in [0.29, 0.717) is 19.3 Å². The van der Waals surface area contributed by atoms with Crippen molar-refractivity contribution in [2.24, 2.45) is 5.92 Å². The van der Waals surface area contributed by atoms with Gasteiger partial charge >= 0.3 is 17.9 Å². The molecule has 0 aromatic carbocycles. The summed E-state index contributed by atoms with van der Waals surface area (Å²) in [6.07, 6.45) is 66.7. The highest BCUT2D eigenvalue weighted by Gasteiger charge is 2.19. The van der Waals surface area contributed by atoms with E-state index in [0.717, 1.165) is 63.7 Å². The van der Waals surface area contributed by atoms with Crippen molar-refractivity contribution in [2.75, 3.05) is 13.2 Å². The average molecular weight is 1000 g/mol. The van der Waals surface area contributed by atoms with E-state index in [1.54, 1.807) is 0 Å². The summed E-state index contributed by atoms with van der Waals surface area (Å²) in [4.78, 5) is 38.3. The third-order valence-electron chi connectivity index (χ3n) is 15.0. The predicted octanol–water partition coefficient (Wildman–Crippen LogP) is 21.7. The number of hydrogen-bond acceptors (Lipinski definition) is 6. The van der Waals surface area contributed by atoms with E-state index in [1.165, 1.54) is 270 Å². The molecule has 0 rings (SSSR count). The number of hydrogen-bond donors (Lipinski definition) is 0. The molecule has 1 atom stereocenters. The molecule has 0 amide bonds. The fourth-order valence-electron chi connectivity index (χ4n) is 10.2. The van der Waals surface area contributed by atoms with Gasteiger partial charge in [-0.05, 0) is 25.2 Å². The van der Waals surface area contributed by atoms with Crippen LogP contribution in [0.4, 0.5) is 0 Å². The van der Waals surface area contributed by atoms with Crippen LogP contribution in [0.2, 0.25) is 0 Å². The minimum absolute atomic E-state index is 0.0610. The van der Waals surface area contributed by atoms with Crippen molar-refractivity contribution in [3.63, 3.8) is 0 Å². The summed E-state index contributed by atoms with van der Waals surface area (Å²) in [5, 5.41) is 0. The Morgan fingerprint density at radius 3 is 0.690 bits per heavy atom. The lowest BCUT2D eigenvalue weighted by Crippen LogP contribution is -2.30. The lowest BCUT2D eigenvalue weighted by molar-refractivity contribution is -0.167. The van der Waals surface area contributed by atoms with Gasteiger partial charge in [0.1, 0.15) is 13.2 Å². The molecule has 0 unspecified atom stereocenters. The second-order valence-corrected chi connectivity index (χ2v) is 22.9. The summed E-state index contributed by atoms with van der Waals surface area (Å²) >= 11 is 0. The first-order valence-corrected chi connectivity index (χ1v) is 32.4. The van der Waals surface area contributed by atoms with E-state index in [-0.39, 0.29) is 31.1 Å². The second kappa shape index (κ2) is 59.3. The molecule has 6 heteroatoms. The Labute approximate surface area is 444 Å². The molecule has 422 valence electrons. The topological polar surface area (TPSA) is 78.9 Å².